The van der Waals surface area contributed by atoms with Gasteiger partial charge in [0.2, 0.25) is 5.91 Å². The summed E-state index contributed by atoms with van der Waals surface area (Å²) in [5, 5.41) is 2.56. The fourth-order valence-corrected chi connectivity index (χ4v) is 2.32. The van der Waals surface area contributed by atoms with Gasteiger partial charge in [-0.25, -0.2) is 13.2 Å². The van der Waals surface area contributed by atoms with Crippen molar-refractivity contribution < 1.29 is 22.8 Å². The third-order valence-corrected chi connectivity index (χ3v) is 3.45. The number of nitrogens with one attached hydrogen (secondary N) is 1. The van der Waals surface area contributed by atoms with Crippen LogP contribution in [0.3, 0.4) is 0 Å². The van der Waals surface area contributed by atoms with Crippen LogP contribution in [0.4, 0.5) is 13.2 Å². The van der Waals surface area contributed by atoms with E-state index in [4.69, 9.17) is 17.3 Å². The molecule has 0 aliphatic heterocycles. The number of benzene rings is 2. The number of amides is 2. The first-order chi connectivity index (χ1) is 11.3. The lowest BCUT2D eigenvalue weighted by Crippen LogP contribution is -2.46. The minimum atomic E-state index is -1.38. The zero-order valence-corrected chi connectivity index (χ0v) is 12.9. The van der Waals surface area contributed by atoms with E-state index in [0.29, 0.717) is 22.7 Å². The molecule has 1 atom stereocenters. The minimum absolute atomic E-state index is 0.0218. The van der Waals surface area contributed by atoms with Gasteiger partial charge in [0.1, 0.15) is 29.1 Å². The molecular weight excluding hydrogens is 345 g/mol. The van der Waals surface area contributed by atoms with E-state index in [2.05, 4.69) is 5.32 Å². The Kier molecular flexibility index (Phi) is 5.46. The second-order valence-corrected chi connectivity index (χ2v) is 5.44. The van der Waals surface area contributed by atoms with Gasteiger partial charge in [-0.3, -0.25) is 9.59 Å². The summed E-state index contributed by atoms with van der Waals surface area (Å²) < 4.78 is 40.1. The summed E-state index contributed by atoms with van der Waals surface area (Å²) in [6, 6.07) is 5.97. The molecule has 0 unspecified atom stereocenters. The molecular formula is C16H12ClF3N2O2. The van der Waals surface area contributed by atoms with Crippen molar-refractivity contribution in [3.63, 3.8) is 0 Å². The highest BCUT2D eigenvalue weighted by Crippen LogP contribution is 2.16. The van der Waals surface area contributed by atoms with Gasteiger partial charge in [-0.15, -0.1) is 0 Å². The summed E-state index contributed by atoms with van der Waals surface area (Å²) in [7, 11) is 0. The highest BCUT2D eigenvalue weighted by atomic mass is 35.5. The predicted octanol–water partition coefficient (Wildman–Crippen LogP) is 2.58. The van der Waals surface area contributed by atoms with Crippen molar-refractivity contribution in [3.05, 3.63) is 70.0 Å². The van der Waals surface area contributed by atoms with Gasteiger partial charge < -0.3 is 11.1 Å². The minimum Gasteiger partial charge on any atom is -0.368 e. The molecule has 126 valence electrons. The van der Waals surface area contributed by atoms with Crippen LogP contribution < -0.4 is 11.1 Å². The van der Waals surface area contributed by atoms with Crippen LogP contribution in [0.5, 0.6) is 0 Å². The van der Waals surface area contributed by atoms with Gasteiger partial charge >= 0.3 is 0 Å². The Labute approximate surface area is 140 Å². The van der Waals surface area contributed by atoms with Crippen molar-refractivity contribution in [1.29, 1.82) is 0 Å². The van der Waals surface area contributed by atoms with Crippen molar-refractivity contribution in [1.82, 2.24) is 5.32 Å². The lowest BCUT2D eigenvalue weighted by atomic mass is 10.0. The molecule has 0 heterocycles. The number of nitrogens with two attached hydrogens (primary N) is 1. The van der Waals surface area contributed by atoms with E-state index in [-0.39, 0.29) is 6.42 Å². The molecule has 0 bridgehead atoms. The molecule has 2 aromatic rings. The number of rotatable bonds is 5. The Bertz CT molecular complexity index is 776. The molecule has 0 fully saturated rings. The lowest BCUT2D eigenvalue weighted by Gasteiger charge is -2.16. The largest absolute Gasteiger partial charge is 0.368 e. The van der Waals surface area contributed by atoms with Gasteiger partial charge in [0.15, 0.2) is 0 Å². The Morgan fingerprint density at radius 3 is 2.29 bits per heavy atom. The second-order valence-electron chi connectivity index (χ2n) is 5.01. The monoisotopic (exact) mass is 356 g/mol. The fraction of sp³-hybridized carbons (Fsp3) is 0.125. The van der Waals surface area contributed by atoms with Crippen molar-refractivity contribution in [2.24, 2.45) is 5.73 Å². The van der Waals surface area contributed by atoms with Crippen molar-refractivity contribution in [2.75, 3.05) is 0 Å². The molecule has 8 heteroatoms. The summed E-state index contributed by atoms with van der Waals surface area (Å²) in [6.45, 7) is 0. The van der Waals surface area contributed by atoms with Crippen LogP contribution in [0.1, 0.15) is 15.9 Å². The summed E-state index contributed by atoms with van der Waals surface area (Å²) in [5.74, 6) is -6.03. The summed E-state index contributed by atoms with van der Waals surface area (Å²) in [5.41, 5.74) is 4.81. The molecule has 0 aromatic heterocycles. The van der Waals surface area contributed by atoms with Crippen LogP contribution in [0.2, 0.25) is 5.02 Å². The third kappa shape index (κ3) is 4.26. The highest BCUT2D eigenvalue weighted by molar-refractivity contribution is 6.30. The maximum absolute atomic E-state index is 13.6. The molecule has 2 rings (SSSR count). The van der Waals surface area contributed by atoms with Gasteiger partial charge in [-0.05, 0) is 17.7 Å². The zero-order chi connectivity index (χ0) is 17.9. The fourth-order valence-electron chi connectivity index (χ4n) is 2.11. The topological polar surface area (TPSA) is 72.2 Å². The van der Waals surface area contributed by atoms with Crippen LogP contribution in [0, 0.1) is 17.5 Å². The first kappa shape index (κ1) is 17.8. The van der Waals surface area contributed by atoms with Crippen LogP contribution in [0.25, 0.3) is 0 Å². The molecule has 24 heavy (non-hydrogen) atoms. The molecule has 0 saturated carbocycles. The summed E-state index contributed by atoms with van der Waals surface area (Å²) in [6.07, 6.45) is -0.0218. The Hall–Kier alpha value is -2.54. The maximum Gasteiger partial charge on any atom is 0.257 e. The first-order valence-electron chi connectivity index (χ1n) is 6.77. The van der Waals surface area contributed by atoms with E-state index in [1.165, 1.54) is 0 Å². The number of hydrogen-bond acceptors (Lipinski definition) is 2. The Morgan fingerprint density at radius 2 is 1.75 bits per heavy atom. The van der Waals surface area contributed by atoms with Gasteiger partial charge in [-0.2, -0.15) is 0 Å². The number of primary amides is 1. The standard InChI is InChI=1S/C16H12ClF3N2O2/c17-9-3-1-2-8(4-9)5-13(15(21)23)22-16(24)14-11(19)6-10(18)7-12(14)20/h1-4,6-7,13H,5H2,(H2,21,23)(H,22,24)/t13-/m1/s1. The molecule has 0 aliphatic carbocycles. The van der Waals surface area contributed by atoms with E-state index in [1.807, 2.05) is 0 Å². The average molecular weight is 357 g/mol. The zero-order valence-electron chi connectivity index (χ0n) is 12.2. The number of halogens is 4. The second kappa shape index (κ2) is 7.35. The van der Waals surface area contributed by atoms with E-state index >= 15 is 0 Å². The van der Waals surface area contributed by atoms with Gasteiger partial charge in [0.25, 0.3) is 5.91 Å². The van der Waals surface area contributed by atoms with Crippen LogP contribution >= 0.6 is 11.6 Å². The SMILES string of the molecule is NC(=O)[C@@H](Cc1cccc(Cl)c1)NC(=O)c1c(F)cc(F)cc1F. The Balaban J connectivity index is 2.22. The highest BCUT2D eigenvalue weighted by Gasteiger charge is 2.24. The number of carbonyl (C=O) groups excluding carboxylic acids is 2. The van der Waals surface area contributed by atoms with E-state index in [9.17, 15) is 22.8 Å². The average Bonchev–Trinajstić information content (AvgIpc) is 2.45. The van der Waals surface area contributed by atoms with Crippen LogP contribution in [0.15, 0.2) is 36.4 Å². The van der Waals surface area contributed by atoms with Gasteiger partial charge in [-0.1, -0.05) is 23.7 Å². The van der Waals surface area contributed by atoms with Crippen molar-refractivity contribution >= 4 is 23.4 Å². The smallest absolute Gasteiger partial charge is 0.257 e. The molecule has 0 aliphatic rings. The van der Waals surface area contributed by atoms with Crippen molar-refractivity contribution in [3.8, 4) is 0 Å². The maximum atomic E-state index is 13.6. The van der Waals surface area contributed by atoms with Crippen LogP contribution in [-0.2, 0) is 11.2 Å². The number of hydrogen-bond donors (Lipinski definition) is 2. The Morgan fingerprint density at radius 1 is 1.12 bits per heavy atom. The first-order valence-corrected chi connectivity index (χ1v) is 7.15. The molecule has 2 aromatic carbocycles. The van der Waals surface area contributed by atoms with E-state index in [1.54, 1.807) is 24.3 Å². The lowest BCUT2D eigenvalue weighted by molar-refractivity contribution is -0.119. The molecule has 0 saturated heterocycles. The van der Waals surface area contributed by atoms with E-state index < -0.39 is 40.9 Å². The molecule has 2 amide bonds. The third-order valence-electron chi connectivity index (χ3n) is 3.21. The summed E-state index contributed by atoms with van der Waals surface area (Å²) in [4.78, 5) is 23.5. The molecule has 3 N–H and O–H groups in total. The molecule has 0 spiro atoms. The number of carbonyl (C=O) groups is 2. The quantitative estimate of drug-likeness (QED) is 0.864. The molecule has 4 nitrogen and oxygen atoms in total. The molecule has 0 radical (unpaired) electrons. The normalized spacial score (nSPS) is 11.8. The van der Waals surface area contributed by atoms with Gasteiger partial charge in [0, 0.05) is 23.6 Å². The van der Waals surface area contributed by atoms with Gasteiger partial charge in [0.05, 0.1) is 0 Å². The summed E-state index contributed by atoms with van der Waals surface area (Å²) >= 11 is 5.83. The van der Waals surface area contributed by atoms with Crippen LogP contribution in [-0.4, -0.2) is 17.9 Å². The van der Waals surface area contributed by atoms with E-state index in [0.717, 1.165) is 0 Å². The van der Waals surface area contributed by atoms with Crippen molar-refractivity contribution in [2.45, 2.75) is 12.5 Å². The predicted molar refractivity (Wildman–Crippen MR) is 81.9 cm³/mol.